The Labute approximate surface area is 152 Å². The Morgan fingerprint density at radius 1 is 1.12 bits per heavy atom. The predicted octanol–water partition coefficient (Wildman–Crippen LogP) is 5.47. The van der Waals surface area contributed by atoms with Gasteiger partial charge in [-0.15, -0.1) is 0 Å². The van der Waals surface area contributed by atoms with Gasteiger partial charge in [-0.05, 0) is 67.9 Å². The van der Waals surface area contributed by atoms with E-state index in [1.165, 1.54) is 36.1 Å². The van der Waals surface area contributed by atoms with E-state index in [0.29, 0.717) is 12.5 Å². The van der Waals surface area contributed by atoms with Crippen LogP contribution >= 0.6 is 0 Å². The summed E-state index contributed by atoms with van der Waals surface area (Å²) in [6, 6.07) is 10.7. The average Bonchev–Trinajstić information content (AvgIpc) is 2.68. The van der Waals surface area contributed by atoms with Crippen LogP contribution in [0.5, 0.6) is 5.75 Å². The van der Waals surface area contributed by atoms with E-state index >= 15 is 0 Å². The van der Waals surface area contributed by atoms with Crippen molar-refractivity contribution in [2.45, 2.75) is 59.0 Å². The summed E-state index contributed by atoms with van der Waals surface area (Å²) >= 11 is 0. The number of aromatic nitrogens is 1. The van der Waals surface area contributed by atoms with Crippen molar-refractivity contribution in [2.24, 2.45) is 0 Å². The Kier molecular flexibility index (Phi) is 5.95. The molecule has 1 fully saturated rings. The number of nitrogens with zero attached hydrogens (tertiary/aromatic N) is 2. The molecular weight excluding hydrogens is 308 g/mol. The Morgan fingerprint density at radius 2 is 1.84 bits per heavy atom. The number of pyridine rings is 1. The molecule has 25 heavy (non-hydrogen) atoms. The van der Waals surface area contributed by atoms with Gasteiger partial charge in [0.25, 0.3) is 0 Å². The third kappa shape index (κ3) is 4.53. The lowest BCUT2D eigenvalue weighted by molar-refractivity contribution is 0.301. The molecule has 134 valence electrons. The van der Waals surface area contributed by atoms with Gasteiger partial charge in [-0.25, -0.2) is 0 Å². The van der Waals surface area contributed by atoms with Crippen molar-refractivity contribution in [1.29, 1.82) is 0 Å². The number of benzene rings is 1. The minimum atomic E-state index is 0.518. The summed E-state index contributed by atoms with van der Waals surface area (Å²) in [7, 11) is 0. The van der Waals surface area contributed by atoms with E-state index in [1.807, 2.05) is 6.20 Å². The summed E-state index contributed by atoms with van der Waals surface area (Å²) in [5, 5.41) is 0. The van der Waals surface area contributed by atoms with Crippen molar-refractivity contribution in [1.82, 2.24) is 4.98 Å². The van der Waals surface area contributed by atoms with Crippen LogP contribution in [0.15, 0.2) is 36.5 Å². The fourth-order valence-electron chi connectivity index (χ4n) is 3.39. The molecule has 3 nitrogen and oxygen atoms in total. The molecule has 0 spiro atoms. The normalized spacial score (nSPS) is 15.9. The molecule has 1 atom stereocenters. The van der Waals surface area contributed by atoms with Crippen LogP contribution in [0.25, 0.3) is 0 Å². The third-order valence-electron chi connectivity index (χ3n) is 5.28. The molecule has 2 aromatic rings. The molecule has 1 aliphatic heterocycles. The molecule has 2 heterocycles. The van der Waals surface area contributed by atoms with Gasteiger partial charge < -0.3 is 9.64 Å². The highest BCUT2D eigenvalue weighted by atomic mass is 16.5. The van der Waals surface area contributed by atoms with Crippen LogP contribution in [-0.4, -0.2) is 18.1 Å². The first kappa shape index (κ1) is 17.8. The zero-order chi connectivity index (χ0) is 17.6. The minimum absolute atomic E-state index is 0.518. The quantitative estimate of drug-likeness (QED) is 0.698. The number of anilines is 1. The van der Waals surface area contributed by atoms with Gasteiger partial charge in [0.15, 0.2) is 0 Å². The number of ether oxygens (including phenoxy) is 1. The molecular formula is C22H30N2O. The summed E-state index contributed by atoms with van der Waals surface area (Å²) in [5.41, 5.74) is 4.94. The third-order valence-corrected chi connectivity index (χ3v) is 5.28. The molecule has 0 N–H and O–H groups in total. The predicted molar refractivity (Wildman–Crippen MR) is 105 cm³/mol. The molecule has 1 aromatic carbocycles. The van der Waals surface area contributed by atoms with Crippen LogP contribution in [0.2, 0.25) is 0 Å². The van der Waals surface area contributed by atoms with Gasteiger partial charge in [0.05, 0.1) is 5.69 Å². The lowest BCUT2D eigenvalue weighted by Crippen LogP contribution is -2.30. The summed E-state index contributed by atoms with van der Waals surface area (Å²) in [4.78, 5) is 7.05. The second kappa shape index (κ2) is 8.37. The highest BCUT2D eigenvalue weighted by Crippen LogP contribution is 2.25. The van der Waals surface area contributed by atoms with Crippen molar-refractivity contribution >= 4 is 5.69 Å². The summed E-state index contributed by atoms with van der Waals surface area (Å²) in [6.45, 7) is 9.45. The van der Waals surface area contributed by atoms with E-state index in [0.717, 1.165) is 31.0 Å². The first-order chi connectivity index (χ1) is 12.2. The van der Waals surface area contributed by atoms with E-state index in [1.54, 1.807) is 0 Å². The Hall–Kier alpha value is -2.03. The standard InChI is InChI=1S/C22H30N2O/c1-4-17(2)19-8-10-21(11-9-19)25-16-20-14-22(18(3)15-23-20)24-12-6-5-7-13-24/h8-11,14-15,17H,4-7,12-13,16H2,1-3H3. The second-order valence-corrected chi connectivity index (χ2v) is 7.18. The lowest BCUT2D eigenvalue weighted by atomic mass is 9.99. The van der Waals surface area contributed by atoms with Gasteiger partial charge in [-0.1, -0.05) is 26.0 Å². The molecule has 0 aliphatic carbocycles. The first-order valence-electron chi connectivity index (χ1n) is 9.60. The Bertz CT molecular complexity index is 675. The number of rotatable bonds is 6. The zero-order valence-electron chi connectivity index (χ0n) is 15.8. The van der Waals surface area contributed by atoms with Gasteiger partial charge >= 0.3 is 0 Å². The summed E-state index contributed by atoms with van der Waals surface area (Å²) < 4.78 is 5.96. The van der Waals surface area contributed by atoms with Crippen molar-refractivity contribution in [2.75, 3.05) is 18.0 Å². The molecule has 0 bridgehead atoms. The molecule has 0 amide bonds. The maximum atomic E-state index is 5.96. The van der Waals surface area contributed by atoms with Crippen LogP contribution < -0.4 is 9.64 Å². The molecule has 3 heteroatoms. The molecule has 1 aromatic heterocycles. The van der Waals surface area contributed by atoms with Gasteiger partial charge in [-0.3, -0.25) is 4.98 Å². The molecule has 1 aliphatic rings. The van der Waals surface area contributed by atoms with E-state index in [2.05, 4.69) is 61.0 Å². The van der Waals surface area contributed by atoms with E-state index in [4.69, 9.17) is 4.74 Å². The van der Waals surface area contributed by atoms with E-state index in [9.17, 15) is 0 Å². The monoisotopic (exact) mass is 338 g/mol. The maximum Gasteiger partial charge on any atom is 0.130 e. The zero-order valence-corrected chi connectivity index (χ0v) is 15.8. The number of piperidine rings is 1. The van der Waals surface area contributed by atoms with E-state index < -0.39 is 0 Å². The van der Waals surface area contributed by atoms with Crippen LogP contribution in [0.3, 0.4) is 0 Å². The Balaban J connectivity index is 1.64. The molecule has 0 radical (unpaired) electrons. The lowest BCUT2D eigenvalue weighted by Gasteiger charge is -2.30. The maximum absolute atomic E-state index is 5.96. The van der Waals surface area contributed by atoms with Crippen LogP contribution in [0.4, 0.5) is 5.69 Å². The molecule has 1 saturated heterocycles. The van der Waals surface area contributed by atoms with Gasteiger partial charge in [0.1, 0.15) is 12.4 Å². The fraction of sp³-hybridized carbons (Fsp3) is 0.500. The van der Waals surface area contributed by atoms with Crippen molar-refractivity contribution in [3.05, 3.63) is 53.3 Å². The number of hydrogen-bond donors (Lipinski definition) is 0. The summed E-state index contributed by atoms with van der Waals surface area (Å²) in [6.07, 6.45) is 7.07. The van der Waals surface area contributed by atoms with E-state index in [-0.39, 0.29) is 0 Å². The highest BCUT2D eigenvalue weighted by molar-refractivity contribution is 5.53. The van der Waals surface area contributed by atoms with Gasteiger partial charge in [-0.2, -0.15) is 0 Å². The topological polar surface area (TPSA) is 25.4 Å². The smallest absolute Gasteiger partial charge is 0.130 e. The highest BCUT2D eigenvalue weighted by Gasteiger charge is 2.14. The summed E-state index contributed by atoms with van der Waals surface area (Å²) in [5.74, 6) is 1.51. The van der Waals surface area contributed by atoms with Crippen LogP contribution in [0.1, 0.15) is 62.3 Å². The first-order valence-corrected chi connectivity index (χ1v) is 9.60. The SMILES string of the molecule is CCC(C)c1ccc(OCc2cc(N3CCCCC3)c(C)cn2)cc1. The number of hydrogen-bond acceptors (Lipinski definition) is 3. The average molecular weight is 338 g/mol. The van der Waals surface area contributed by atoms with Crippen molar-refractivity contribution in [3.8, 4) is 5.75 Å². The number of aryl methyl sites for hydroxylation is 1. The van der Waals surface area contributed by atoms with Crippen LogP contribution in [-0.2, 0) is 6.61 Å². The van der Waals surface area contributed by atoms with Crippen molar-refractivity contribution in [3.63, 3.8) is 0 Å². The molecule has 1 unspecified atom stereocenters. The largest absolute Gasteiger partial charge is 0.487 e. The van der Waals surface area contributed by atoms with Gasteiger partial charge in [0.2, 0.25) is 0 Å². The van der Waals surface area contributed by atoms with Crippen molar-refractivity contribution < 1.29 is 4.74 Å². The Morgan fingerprint density at radius 3 is 2.52 bits per heavy atom. The molecule has 3 rings (SSSR count). The van der Waals surface area contributed by atoms with Crippen LogP contribution in [0, 0.1) is 6.92 Å². The second-order valence-electron chi connectivity index (χ2n) is 7.18. The fourth-order valence-corrected chi connectivity index (χ4v) is 3.39. The minimum Gasteiger partial charge on any atom is -0.487 e. The van der Waals surface area contributed by atoms with Gasteiger partial charge in [0, 0.05) is 25.0 Å². The molecule has 0 saturated carbocycles.